The molecule has 1 saturated heterocycles. The lowest BCUT2D eigenvalue weighted by atomic mass is 10.3. The van der Waals surface area contributed by atoms with Crippen LogP contribution in [0.2, 0.25) is 0 Å². The van der Waals surface area contributed by atoms with E-state index in [1.54, 1.807) is 4.90 Å². The monoisotopic (exact) mass is 296 g/mol. The molecule has 18 heavy (non-hydrogen) atoms. The number of hydrogen-bond acceptors (Lipinski definition) is 5. The normalized spacial score (nSPS) is 17.7. The van der Waals surface area contributed by atoms with Gasteiger partial charge in [0.2, 0.25) is 15.9 Å². The number of thioether (sulfide) groups is 1. The Hall–Kier alpha value is -0.800. The lowest BCUT2D eigenvalue weighted by Crippen LogP contribution is -2.50. The van der Waals surface area contributed by atoms with Crippen molar-refractivity contribution in [1.29, 1.82) is 0 Å². The molecule has 9 heteroatoms. The van der Waals surface area contributed by atoms with Crippen molar-refractivity contribution < 1.29 is 23.1 Å². The third kappa shape index (κ3) is 4.83. The molecule has 1 aliphatic rings. The van der Waals surface area contributed by atoms with E-state index in [1.807, 2.05) is 0 Å². The molecule has 7 nitrogen and oxygen atoms in total. The highest BCUT2D eigenvalue weighted by Gasteiger charge is 2.25. The van der Waals surface area contributed by atoms with Crippen LogP contribution in [0.15, 0.2) is 0 Å². The molecule has 0 aliphatic carbocycles. The summed E-state index contributed by atoms with van der Waals surface area (Å²) in [5.74, 6) is -1.08. The van der Waals surface area contributed by atoms with Gasteiger partial charge in [0.25, 0.3) is 0 Å². The second-order valence-electron chi connectivity index (χ2n) is 3.93. The van der Waals surface area contributed by atoms with Crippen LogP contribution in [-0.2, 0) is 19.6 Å². The van der Waals surface area contributed by atoms with E-state index >= 15 is 0 Å². The minimum Gasteiger partial charge on any atom is -0.481 e. The quantitative estimate of drug-likeness (QED) is 0.692. The molecule has 1 N–H and O–H groups in total. The molecule has 0 saturated carbocycles. The number of carboxylic acid groups (broad SMARTS) is 1. The number of aliphatic carboxylic acids is 1. The average molecular weight is 296 g/mol. The van der Waals surface area contributed by atoms with E-state index in [-0.39, 0.29) is 17.4 Å². The van der Waals surface area contributed by atoms with Crippen LogP contribution in [0.1, 0.15) is 0 Å². The first-order chi connectivity index (χ1) is 8.30. The first-order valence-electron chi connectivity index (χ1n) is 5.33. The molecule has 0 atom stereocenters. The van der Waals surface area contributed by atoms with Crippen molar-refractivity contribution >= 4 is 33.7 Å². The molecule has 0 unspecified atom stereocenters. The molecular formula is C9H16N2O5S2. The minimum atomic E-state index is -3.19. The van der Waals surface area contributed by atoms with Gasteiger partial charge >= 0.3 is 5.97 Å². The number of carbonyl (C=O) groups excluding carboxylic acids is 1. The highest BCUT2D eigenvalue weighted by atomic mass is 32.2. The zero-order valence-electron chi connectivity index (χ0n) is 10.0. The van der Waals surface area contributed by atoms with Gasteiger partial charge in [-0.15, -0.1) is 11.8 Å². The van der Waals surface area contributed by atoms with Gasteiger partial charge in [0.05, 0.1) is 17.8 Å². The third-order valence-electron chi connectivity index (χ3n) is 2.51. The summed E-state index contributed by atoms with van der Waals surface area (Å²) in [6.45, 7) is 1.32. The maximum absolute atomic E-state index is 11.7. The van der Waals surface area contributed by atoms with Gasteiger partial charge in [-0.1, -0.05) is 0 Å². The van der Waals surface area contributed by atoms with Gasteiger partial charge in [-0.25, -0.2) is 8.42 Å². The van der Waals surface area contributed by atoms with E-state index in [0.29, 0.717) is 26.2 Å². The van der Waals surface area contributed by atoms with E-state index in [9.17, 15) is 18.0 Å². The van der Waals surface area contributed by atoms with Crippen LogP contribution in [0.5, 0.6) is 0 Å². The fraction of sp³-hybridized carbons (Fsp3) is 0.778. The van der Waals surface area contributed by atoms with E-state index < -0.39 is 16.0 Å². The maximum atomic E-state index is 11.7. The molecular weight excluding hydrogens is 280 g/mol. The fourth-order valence-electron chi connectivity index (χ4n) is 1.59. The first kappa shape index (κ1) is 15.3. The van der Waals surface area contributed by atoms with Crippen molar-refractivity contribution in [3.8, 4) is 0 Å². The Morgan fingerprint density at radius 1 is 1.17 bits per heavy atom. The number of carbonyl (C=O) groups is 2. The van der Waals surface area contributed by atoms with Crippen LogP contribution in [0.4, 0.5) is 0 Å². The smallest absolute Gasteiger partial charge is 0.313 e. The van der Waals surface area contributed by atoms with Crippen LogP contribution in [0, 0.1) is 0 Å². The molecule has 0 aromatic heterocycles. The van der Waals surface area contributed by atoms with Gasteiger partial charge in [0.1, 0.15) is 0 Å². The summed E-state index contributed by atoms with van der Waals surface area (Å²) in [4.78, 5) is 23.5. The summed E-state index contributed by atoms with van der Waals surface area (Å²) in [6.07, 6.45) is 1.15. The summed E-state index contributed by atoms with van der Waals surface area (Å²) in [5.41, 5.74) is 0. The number of rotatable bonds is 5. The standard InChI is InChI=1S/C9H16N2O5S2/c1-18(15,16)11-4-2-10(3-5-11)8(12)6-17-7-9(13)14/h2-7H2,1H3,(H,13,14). The Morgan fingerprint density at radius 3 is 2.17 bits per heavy atom. The Kier molecular flexibility index (Phi) is 5.42. The van der Waals surface area contributed by atoms with Gasteiger partial charge < -0.3 is 10.0 Å². The van der Waals surface area contributed by atoms with E-state index in [4.69, 9.17) is 5.11 Å². The van der Waals surface area contributed by atoms with Crippen molar-refractivity contribution in [3.05, 3.63) is 0 Å². The summed E-state index contributed by atoms with van der Waals surface area (Å²) in [5, 5.41) is 8.44. The van der Waals surface area contributed by atoms with E-state index in [0.717, 1.165) is 18.0 Å². The Morgan fingerprint density at radius 2 is 1.72 bits per heavy atom. The highest BCUT2D eigenvalue weighted by molar-refractivity contribution is 8.00. The Bertz CT molecular complexity index is 415. The second kappa shape index (κ2) is 6.39. The number of carboxylic acids is 1. The highest BCUT2D eigenvalue weighted by Crippen LogP contribution is 2.08. The maximum Gasteiger partial charge on any atom is 0.313 e. The molecule has 0 aromatic carbocycles. The molecule has 1 rings (SSSR count). The summed E-state index contributed by atoms with van der Waals surface area (Å²) < 4.78 is 23.9. The molecule has 1 aliphatic heterocycles. The van der Waals surface area contributed by atoms with Gasteiger partial charge in [0, 0.05) is 26.2 Å². The van der Waals surface area contributed by atoms with Crippen molar-refractivity contribution in [1.82, 2.24) is 9.21 Å². The van der Waals surface area contributed by atoms with Crippen LogP contribution >= 0.6 is 11.8 Å². The number of hydrogen-bond donors (Lipinski definition) is 1. The van der Waals surface area contributed by atoms with Crippen molar-refractivity contribution in [2.75, 3.05) is 43.9 Å². The summed E-state index contributed by atoms with van der Waals surface area (Å²) in [7, 11) is -3.19. The zero-order chi connectivity index (χ0) is 13.8. The topological polar surface area (TPSA) is 95.0 Å². The number of nitrogens with zero attached hydrogens (tertiary/aromatic N) is 2. The SMILES string of the molecule is CS(=O)(=O)N1CCN(C(=O)CSCC(=O)O)CC1. The first-order valence-corrected chi connectivity index (χ1v) is 8.33. The lowest BCUT2D eigenvalue weighted by molar-refractivity contribution is -0.133. The third-order valence-corrected chi connectivity index (χ3v) is 4.72. The summed E-state index contributed by atoms with van der Waals surface area (Å²) in [6, 6.07) is 0. The Balaban J connectivity index is 2.34. The zero-order valence-corrected chi connectivity index (χ0v) is 11.7. The molecule has 104 valence electrons. The largest absolute Gasteiger partial charge is 0.481 e. The van der Waals surface area contributed by atoms with Gasteiger partial charge in [-0.3, -0.25) is 9.59 Å². The molecule has 0 radical (unpaired) electrons. The molecule has 0 bridgehead atoms. The number of piperazine rings is 1. The Labute approximate surface area is 110 Å². The van der Waals surface area contributed by atoms with Crippen LogP contribution in [0.3, 0.4) is 0 Å². The molecule has 1 heterocycles. The molecule has 1 fully saturated rings. The fourth-order valence-corrected chi connectivity index (χ4v) is 3.05. The average Bonchev–Trinajstić information content (AvgIpc) is 2.27. The molecule has 1 amide bonds. The van der Waals surface area contributed by atoms with Crippen LogP contribution < -0.4 is 0 Å². The van der Waals surface area contributed by atoms with Crippen LogP contribution in [-0.4, -0.2) is 78.5 Å². The van der Waals surface area contributed by atoms with E-state index in [2.05, 4.69) is 0 Å². The van der Waals surface area contributed by atoms with Crippen LogP contribution in [0.25, 0.3) is 0 Å². The van der Waals surface area contributed by atoms with Crippen molar-refractivity contribution in [3.63, 3.8) is 0 Å². The lowest BCUT2D eigenvalue weighted by Gasteiger charge is -2.33. The van der Waals surface area contributed by atoms with Gasteiger partial charge in [0.15, 0.2) is 0 Å². The molecule has 0 spiro atoms. The van der Waals surface area contributed by atoms with E-state index in [1.165, 1.54) is 4.31 Å². The predicted octanol–water partition coefficient (Wildman–Crippen LogP) is -1.09. The second-order valence-corrected chi connectivity index (χ2v) is 6.90. The molecule has 0 aromatic rings. The van der Waals surface area contributed by atoms with Gasteiger partial charge in [-0.05, 0) is 0 Å². The number of amides is 1. The van der Waals surface area contributed by atoms with Crippen molar-refractivity contribution in [2.24, 2.45) is 0 Å². The van der Waals surface area contributed by atoms with Gasteiger partial charge in [-0.2, -0.15) is 4.31 Å². The van der Waals surface area contributed by atoms with Crippen molar-refractivity contribution in [2.45, 2.75) is 0 Å². The summed E-state index contributed by atoms with van der Waals surface area (Å²) >= 11 is 1.05. The number of sulfonamides is 1. The minimum absolute atomic E-state index is 0.102. The predicted molar refractivity (Wildman–Crippen MR) is 68.0 cm³/mol.